The van der Waals surface area contributed by atoms with Crippen molar-refractivity contribution in [1.82, 2.24) is 9.97 Å². The Morgan fingerprint density at radius 2 is 1.82 bits per heavy atom. The maximum atomic E-state index is 12.5. The van der Waals surface area contributed by atoms with Gasteiger partial charge in [0, 0.05) is 28.2 Å². The van der Waals surface area contributed by atoms with Gasteiger partial charge in [-0.1, -0.05) is 41.4 Å². The highest BCUT2D eigenvalue weighted by Crippen LogP contribution is 2.32. The van der Waals surface area contributed by atoms with Crippen LogP contribution in [0, 0.1) is 0 Å². The Morgan fingerprint density at radius 1 is 1.04 bits per heavy atom. The zero-order valence-corrected chi connectivity index (χ0v) is 16.2. The van der Waals surface area contributed by atoms with Crippen molar-refractivity contribution < 1.29 is 9.59 Å². The van der Waals surface area contributed by atoms with Gasteiger partial charge in [-0.2, -0.15) is 0 Å². The normalized spacial score (nSPS) is 15.8. The number of carbonyl (C=O) groups is 2. The highest BCUT2D eigenvalue weighted by Gasteiger charge is 2.28. The number of hydrogen-bond donors (Lipinski definition) is 1. The largest absolute Gasteiger partial charge is 0.294 e. The van der Waals surface area contributed by atoms with Gasteiger partial charge in [-0.3, -0.25) is 14.9 Å². The third kappa shape index (κ3) is 3.91. The fraction of sp³-hybridized carbons (Fsp3) is 0.143. The molecule has 1 aliphatic carbocycles. The SMILES string of the molecule is O=C(Nc1ncc2c(n1)CC(c1ccc(Cl)cc1)CC2=O)c1cccc(Cl)c1. The average Bonchev–Trinajstić information content (AvgIpc) is 2.68. The zero-order valence-electron chi connectivity index (χ0n) is 14.7. The van der Waals surface area contributed by atoms with Gasteiger partial charge in [0.2, 0.25) is 5.95 Å². The predicted molar refractivity (Wildman–Crippen MR) is 108 cm³/mol. The lowest BCUT2D eigenvalue weighted by Crippen LogP contribution is -2.22. The lowest BCUT2D eigenvalue weighted by atomic mass is 9.82. The van der Waals surface area contributed by atoms with Gasteiger partial charge in [-0.25, -0.2) is 9.97 Å². The lowest BCUT2D eigenvalue weighted by Gasteiger charge is -2.23. The number of benzene rings is 2. The first-order valence-electron chi connectivity index (χ1n) is 8.71. The number of nitrogens with zero attached hydrogens (tertiary/aromatic N) is 2. The number of hydrogen-bond acceptors (Lipinski definition) is 4. The Morgan fingerprint density at radius 3 is 2.57 bits per heavy atom. The summed E-state index contributed by atoms with van der Waals surface area (Å²) >= 11 is 11.9. The molecule has 0 spiro atoms. The molecule has 0 fully saturated rings. The number of aromatic nitrogens is 2. The van der Waals surface area contributed by atoms with Crippen LogP contribution in [0.15, 0.2) is 54.7 Å². The van der Waals surface area contributed by atoms with Crippen molar-refractivity contribution >= 4 is 40.8 Å². The molecule has 1 aliphatic rings. The molecule has 0 radical (unpaired) electrons. The predicted octanol–water partition coefficient (Wildman–Crippen LogP) is 4.95. The van der Waals surface area contributed by atoms with E-state index in [2.05, 4.69) is 15.3 Å². The molecule has 2 aromatic carbocycles. The van der Waals surface area contributed by atoms with Crippen molar-refractivity contribution in [3.8, 4) is 0 Å². The van der Waals surface area contributed by atoms with Crippen molar-refractivity contribution in [2.75, 3.05) is 5.32 Å². The van der Waals surface area contributed by atoms with Crippen LogP contribution in [0.4, 0.5) is 5.95 Å². The molecule has 1 N–H and O–H groups in total. The summed E-state index contributed by atoms with van der Waals surface area (Å²) in [4.78, 5) is 33.5. The van der Waals surface area contributed by atoms with E-state index >= 15 is 0 Å². The first-order chi connectivity index (χ1) is 13.5. The Bertz CT molecular complexity index is 1070. The topological polar surface area (TPSA) is 72.0 Å². The minimum atomic E-state index is -0.362. The van der Waals surface area contributed by atoms with Gasteiger partial charge in [0.1, 0.15) is 0 Å². The molecule has 1 unspecified atom stereocenters. The van der Waals surface area contributed by atoms with Gasteiger partial charge in [-0.15, -0.1) is 0 Å². The summed E-state index contributed by atoms with van der Waals surface area (Å²) < 4.78 is 0. The molecule has 1 amide bonds. The van der Waals surface area contributed by atoms with E-state index in [-0.39, 0.29) is 23.6 Å². The molecule has 140 valence electrons. The zero-order chi connectivity index (χ0) is 19.7. The average molecular weight is 412 g/mol. The third-order valence-corrected chi connectivity index (χ3v) is 5.18. The van der Waals surface area contributed by atoms with E-state index in [0.29, 0.717) is 39.7 Å². The Kier molecular flexibility index (Phi) is 5.11. The summed E-state index contributed by atoms with van der Waals surface area (Å²) in [5.74, 6) is -0.190. The third-order valence-electron chi connectivity index (χ3n) is 4.69. The molecule has 1 aromatic heterocycles. The van der Waals surface area contributed by atoms with E-state index in [1.165, 1.54) is 6.20 Å². The highest BCUT2D eigenvalue weighted by molar-refractivity contribution is 6.31. The van der Waals surface area contributed by atoms with Gasteiger partial charge in [0.25, 0.3) is 5.91 Å². The first-order valence-corrected chi connectivity index (χ1v) is 9.46. The molecular formula is C21H15Cl2N3O2. The molecule has 0 aliphatic heterocycles. The van der Waals surface area contributed by atoms with Crippen molar-refractivity contribution in [2.45, 2.75) is 18.8 Å². The van der Waals surface area contributed by atoms with Gasteiger partial charge in [0.05, 0.1) is 11.3 Å². The Hall–Kier alpha value is -2.76. The van der Waals surface area contributed by atoms with Gasteiger partial charge < -0.3 is 0 Å². The van der Waals surface area contributed by atoms with Crippen LogP contribution in [0.1, 0.15) is 44.3 Å². The second-order valence-electron chi connectivity index (χ2n) is 6.60. The minimum Gasteiger partial charge on any atom is -0.294 e. The number of rotatable bonds is 3. The van der Waals surface area contributed by atoms with Crippen LogP contribution in [-0.4, -0.2) is 21.7 Å². The van der Waals surface area contributed by atoms with Crippen LogP contribution >= 0.6 is 23.2 Å². The number of Topliss-reactive ketones (excluding diaryl/α,β-unsaturated/α-hetero) is 1. The maximum absolute atomic E-state index is 12.5. The smallest absolute Gasteiger partial charge is 0.258 e. The van der Waals surface area contributed by atoms with Crippen LogP contribution in [0.2, 0.25) is 10.0 Å². The molecule has 0 saturated carbocycles. The molecule has 28 heavy (non-hydrogen) atoms. The number of nitrogens with one attached hydrogen (secondary N) is 1. The van der Waals surface area contributed by atoms with Crippen LogP contribution in [0.5, 0.6) is 0 Å². The summed E-state index contributed by atoms with van der Waals surface area (Å²) in [6.45, 7) is 0. The van der Waals surface area contributed by atoms with Gasteiger partial charge in [-0.05, 0) is 48.2 Å². The fourth-order valence-corrected chi connectivity index (χ4v) is 3.60. The Labute approximate surface area is 171 Å². The van der Waals surface area contributed by atoms with Crippen LogP contribution in [0.3, 0.4) is 0 Å². The summed E-state index contributed by atoms with van der Waals surface area (Å²) in [5, 5.41) is 3.78. The van der Waals surface area contributed by atoms with Gasteiger partial charge >= 0.3 is 0 Å². The lowest BCUT2D eigenvalue weighted by molar-refractivity contribution is 0.0962. The molecule has 0 bridgehead atoms. The van der Waals surface area contributed by atoms with E-state index < -0.39 is 0 Å². The molecule has 1 heterocycles. The van der Waals surface area contributed by atoms with E-state index in [4.69, 9.17) is 23.2 Å². The van der Waals surface area contributed by atoms with Gasteiger partial charge in [0.15, 0.2) is 5.78 Å². The van der Waals surface area contributed by atoms with Crippen molar-refractivity contribution in [3.05, 3.63) is 87.2 Å². The number of amides is 1. The highest BCUT2D eigenvalue weighted by atomic mass is 35.5. The second kappa shape index (κ2) is 7.70. The monoisotopic (exact) mass is 411 g/mol. The summed E-state index contributed by atoms with van der Waals surface area (Å²) in [6.07, 6.45) is 2.47. The van der Waals surface area contributed by atoms with Crippen LogP contribution in [0.25, 0.3) is 0 Å². The van der Waals surface area contributed by atoms with Crippen LogP contribution < -0.4 is 5.32 Å². The Balaban J connectivity index is 1.57. The van der Waals surface area contributed by atoms with Crippen molar-refractivity contribution in [1.29, 1.82) is 0 Å². The molecule has 0 saturated heterocycles. The molecule has 3 aromatic rings. The number of anilines is 1. The summed E-state index contributed by atoms with van der Waals surface area (Å²) in [5.41, 5.74) is 2.58. The van der Waals surface area contributed by atoms with E-state index in [1.807, 2.05) is 24.3 Å². The molecule has 7 heteroatoms. The molecule has 1 atom stereocenters. The standard InChI is InChI=1S/C21H15Cl2N3O2/c22-15-6-4-12(5-7-15)14-9-18-17(19(27)10-14)11-24-21(25-18)26-20(28)13-2-1-3-16(23)8-13/h1-8,11,14H,9-10H2,(H,24,25,26,28). The molecule has 4 rings (SSSR count). The summed E-state index contributed by atoms with van der Waals surface area (Å²) in [6, 6.07) is 14.1. The minimum absolute atomic E-state index is 0.00563. The number of halogens is 2. The maximum Gasteiger partial charge on any atom is 0.258 e. The van der Waals surface area contributed by atoms with E-state index in [0.717, 1.165) is 5.56 Å². The van der Waals surface area contributed by atoms with Crippen molar-refractivity contribution in [2.24, 2.45) is 0 Å². The number of fused-ring (bicyclic) bond motifs is 1. The number of carbonyl (C=O) groups excluding carboxylic acids is 2. The second-order valence-corrected chi connectivity index (χ2v) is 7.47. The molecule has 5 nitrogen and oxygen atoms in total. The van der Waals surface area contributed by atoms with Crippen LogP contribution in [-0.2, 0) is 6.42 Å². The molecular weight excluding hydrogens is 397 g/mol. The quantitative estimate of drug-likeness (QED) is 0.661. The fourth-order valence-electron chi connectivity index (χ4n) is 3.28. The first kappa shape index (κ1) is 18.6. The summed E-state index contributed by atoms with van der Waals surface area (Å²) in [7, 11) is 0. The van der Waals surface area contributed by atoms with Crippen molar-refractivity contribution in [3.63, 3.8) is 0 Å². The van der Waals surface area contributed by atoms with E-state index in [1.54, 1.807) is 24.3 Å². The number of ketones is 1. The van der Waals surface area contributed by atoms with E-state index in [9.17, 15) is 9.59 Å².